The topological polar surface area (TPSA) is 58.4 Å². The number of rotatable bonds is 7. The number of nitrogens with two attached hydrogens (primary N) is 1. The van der Waals surface area contributed by atoms with E-state index >= 15 is 0 Å². The predicted octanol–water partition coefficient (Wildman–Crippen LogP) is 2.86. The van der Waals surface area contributed by atoms with Crippen LogP contribution in [0.15, 0.2) is 18.2 Å². The Bertz CT molecular complexity index is 421. The summed E-state index contributed by atoms with van der Waals surface area (Å²) < 4.78 is 0. The Hall–Kier alpha value is -1.26. The summed E-state index contributed by atoms with van der Waals surface area (Å²) in [4.78, 5) is 13.8. The number of carbonyl (C=O) groups excluding carboxylic acids is 1. The third-order valence-corrected chi connectivity index (χ3v) is 3.06. The van der Waals surface area contributed by atoms with Gasteiger partial charge in [0.25, 0.3) is 0 Å². The van der Waals surface area contributed by atoms with Gasteiger partial charge in [0.15, 0.2) is 0 Å². The van der Waals surface area contributed by atoms with Gasteiger partial charge in [0.05, 0.1) is 11.4 Å². The summed E-state index contributed by atoms with van der Waals surface area (Å²) in [6.45, 7) is 0.681. The molecule has 1 amide bonds. The molecule has 0 aliphatic carbocycles. The smallest absolute Gasteiger partial charge is 0.224 e. The minimum absolute atomic E-state index is 0.0161. The fraction of sp³-hybridized carbons (Fsp3) is 0.500. The molecular weight excluding hydrogens is 262 g/mol. The summed E-state index contributed by atoms with van der Waals surface area (Å²) >= 11 is 5.97. The van der Waals surface area contributed by atoms with Crippen LogP contribution in [0, 0.1) is 0 Å². The molecule has 1 aromatic carbocycles. The molecule has 0 saturated heterocycles. The molecule has 5 heteroatoms. The van der Waals surface area contributed by atoms with Gasteiger partial charge in [-0.05, 0) is 37.6 Å². The second-order valence-corrected chi connectivity index (χ2v) is 5.14. The Labute approximate surface area is 119 Å². The molecule has 0 bridgehead atoms. The highest BCUT2D eigenvalue weighted by atomic mass is 35.5. The molecule has 0 radical (unpaired) electrons. The minimum Gasteiger partial charge on any atom is -0.376 e. The second-order valence-electron chi connectivity index (χ2n) is 4.70. The van der Waals surface area contributed by atoms with Gasteiger partial charge in [0, 0.05) is 25.5 Å². The number of unbranched alkanes of at least 4 members (excludes halogenated alkanes) is 2. The maximum atomic E-state index is 11.9. The number of benzene rings is 1. The van der Waals surface area contributed by atoms with Crippen LogP contribution in [0.25, 0.3) is 0 Å². The van der Waals surface area contributed by atoms with Gasteiger partial charge in [-0.15, -0.1) is 0 Å². The first kappa shape index (κ1) is 15.8. The predicted molar refractivity (Wildman–Crippen MR) is 81.9 cm³/mol. The molecule has 0 unspecified atom stereocenters. The van der Waals surface area contributed by atoms with Gasteiger partial charge < -0.3 is 16.0 Å². The van der Waals surface area contributed by atoms with Gasteiger partial charge >= 0.3 is 0 Å². The Morgan fingerprint density at radius 3 is 2.68 bits per heavy atom. The lowest BCUT2D eigenvalue weighted by Crippen LogP contribution is -2.16. The van der Waals surface area contributed by atoms with E-state index in [0.717, 1.165) is 30.6 Å². The van der Waals surface area contributed by atoms with Gasteiger partial charge in [-0.2, -0.15) is 0 Å². The Kier molecular flexibility index (Phi) is 6.67. The van der Waals surface area contributed by atoms with E-state index in [4.69, 9.17) is 17.3 Å². The molecule has 19 heavy (non-hydrogen) atoms. The molecule has 1 rings (SSSR count). The number of amides is 1. The average Bonchev–Trinajstić information content (AvgIpc) is 2.34. The van der Waals surface area contributed by atoms with Crippen LogP contribution in [0.3, 0.4) is 0 Å². The molecule has 0 fully saturated rings. The van der Waals surface area contributed by atoms with Gasteiger partial charge in [-0.25, -0.2) is 0 Å². The van der Waals surface area contributed by atoms with Crippen molar-refractivity contribution in [1.29, 1.82) is 0 Å². The van der Waals surface area contributed by atoms with Crippen molar-refractivity contribution >= 4 is 28.9 Å². The van der Waals surface area contributed by atoms with Crippen molar-refractivity contribution in [3.05, 3.63) is 23.2 Å². The number of hydrogen-bond donors (Lipinski definition) is 2. The van der Waals surface area contributed by atoms with Crippen LogP contribution in [-0.4, -0.2) is 26.5 Å². The zero-order valence-corrected chi connectivity index (χ0v) is 12.3. The van der Waals surface area contributed by atoms with Crippen LogP contribution in [0.1, 0.15) is 25.7 Å². The van der Waals surface area contributed by atoms with Crippen molar-refractivity contribution in [2.75, 3.05) is 30.9 Å². The first-order valence-corrected chi connectivity index (χ1v) is 6.89. The molecule has 1 aromatic rings. The maximum absolute atomic E-state index is 11.9. The normalized spacial score (nSPS) is 10.3. The standard InChI is InChI=1S/C14H22ClN3O/c1-18(2)13-8-7-11(15)10-12(13)17-14(19)6-4-3-5-9-16/h7-8,10H,3-6,9,16H2,1-2H3,(H,17,19). The van der Waals surface area contributed by atoms with Crippen molar-refractivity contribution in [2.45, 2.75) is 25.7 Å². The third-order valence-electron chi connectivity index (χ3n) is 2.82. The van der Waals surface area contributed by atoms with Crippen LogP contribution < -0.4 is 16.0 Å². The lowest BCUT2D eigenvalue weighted by molar-refractivity contribution is -0.116. The van der Waals surface area contributed by atoms with Crippen LogP contribution in [0.4, 0.5) is 11.4 Å². The number of carbonyl (C=O) groups is 1. The molecule has 0 heterocycles. The highest BCUT2D eigenvalue weighted by Crippen LogP contribution is 2.27. The Balaban J connectivity index is 2.60. The van der Waals surface area contributed by atoms with Crippen LogP contribution in [-0.2, 0) is 4.79 Å². The van der Waals surface area contributed by atoms with Crippen LogP contribution in [0.2, 0.25) is 5.02 Å². The maximum Gasteiger partial charge on any atom is 0.224 e. The lowest BCUT2D eigenvalue weighted by atomic mass is 10.2. The monoisotopic (exact) mass is 283 g/mol. The van der Waals surface area contributed by atoms with Gasteiger partial charge in [0.2, 0.25) is 5.91 Å². The summed E-state index contributed by atoms with van der Waals surface area (Å²) in [7, 11) is 3.86. The largest absolute Gasteiger partial charge is 0.376 e. The Morgan fingerprint density at radius 1 is 1.32 bits per heavy atom. The molecule has 0 atom stereocenters. The highest BCUT2D eigenvalue weighted by Gasteiger charge is 2.09. The van der Waals surface area contributed by atoms with E-state index < -0.39 is 0 Å². The fourth-order valence-corrected chi connectivity index (χ4v) is 1.99. The highest BCUT2D eigenvalue weighted by molar-refractivity contribution is 6.31. The molecule has 0 saturated carbocycles. The van der Waals surface area contributed by atoms with Gasteiger partial charge in [-0.1, -0.05) is 18.0 Å². The molecule has 4 nitrogen and oxygen atoms in total. The Morgan fingerprint density at radius 2 is 2.05 bits per heavy atom. The molecule has 0 aromatic heterocycles. The fourth-order valence-electron chi connectivity index (χ4n) is 1.82. The first-order chi connectivity index (χ1) is 9.04. The van der Waals surface area contributed by atoms with E-state index in [1.807, 2.05) is 31.1 Å². The summed E-state index contributed by atoms with van der Waals surface area (Å²) in [5, 5.41) is 3.53. The van der Waals surface area contributed by atoms with Gasteiger partial charge in [0.1, 0.15) is 0 Å². The van der Waals surface area contributed by atoms with Gasteiger partial charge in [-0.3, -0.25) is 4.79 Å². The number of nitrogens with one attached hydrogen (secondary N) is 1. The minimum atomic E-state index is 0.0161. The molecule has 0 aliphatic heterocycles. The van der Waals surface area contributed by atoms with Crippen LogP contribution in [0.5, 0.6) is 0 Å². The lowest BCUT2D eigenvalue weighted by Gasteiger charge is -2.18. The zero-order chi connectivity index (χ0) is 14.3. The summed E-state index contributed by atoms with van der Waals surface area (Å²) in [6, 6.07) is 5.48. The summed E-state index contributed by atoms with van der Waals surface area (Å²) in [6.07, 6.45) is 3.33. The number of halogens is 1. The molecule has 0 spiro atoms. The van der Waals surface area contributed by atoms with E-state index in [2.05, 4.69) is 5.32 Å². The van der Waals surface area contributed by atoms with E-state index in [-0.39, 0.29) is 5.91 Å². The van der Waals surface area contributed by atoms with Crippen molar-refractivity contribution in [2.24, 2.45) is 5.73 Å². The number of anilines is 2. The average molecular weight is 284 g/mol. The molecular formula is C14H22ClN3O. The van der Waals surface area contributed by atoms with Crippen molar-refractivity contribution in [3.8, 4) is 0 Å². The molecule has 3 N–H and O–H groups in total. The van der Waals surface area contributed by atoms with Crippen LogP contribution >= 0.6 is 11.6 Å². The van der Waals surface area contributed by atoms with Crippen molar-refractivity contribution in [3.63, 3.8) is 0 Å². The summed E-state index contributed by atoms with van der Waals surface area (Å²) in [5.74, 6) is 0.0161. The quantitative estimate of drug-likeness (QED) is 0.757. The second kappa shape index (κ2) is 8.02. The van der Waals surface area contributed by atoms with Crippen molar-refractivity contribution < 1.29 is 4.79 Å². The van der Waals surface area contributed by atoms with E-state index in [1.54, 1.807) is 6.07 Å². The van der Waals surface area contributed by atoms with Crippen molar-refractivity contribution in [1.82, 2.24) is 0 Å². The van der Waals surface area contributed by atoms with E-state index in [1.165, 1.54) is 0 Å². The third kappa shape index (κ3) is 5.49. The zero-order valence-electron chi connectivity index (χ0n) is 11.6. The molecule has 0 aliphatic rings. The number of nitrogens with zero attached hydrogens (tertiary/aromatic N) is 1. The molecule has 106 valence electrons. The summed E-state index contributed by atoms with van der Waals surface area (Å²) in [5.41, 5.74) is 7.11. The SMILES string of the molecule is CN(C)c1ccc(Cl)cc1NC(=O)CCCCCN. The number of hydrogen-bond acceptors (Lipinski definition) is 3. The van der Waals surface area contributed by atoms with E-state index in [9.17, 15) is 4.79 Å². The first-order valence-electron chi connectivity index (χ1n) is 6.51. The van der Waals surface area contributed by atoms with E-state index in [0.29, 0.717) is 18.0 Å².